The number of nitrogens with zero attached hydrogens (tertiary/aromatic N) is 4. The molecule has 6 atom stereocenters. The highest BCUT2D eigenvalue weighted by Crippen LogP contribution is 2.48. The van der Waals surface area contributed by atoms with Crippen LogP contribution in [0.3, 0.4) is 0 Å². The minimum Gasteiger partial charge on any atom is -0.469 e. The lowest BCUT2D eigenvalue weighted by molar-refractivity contribution is -0.177. The summed E-state index contributed by atoms with van der Waals surface area (Å²) in [4.78, 5) is 20.4. The molecule has 234 valence electrons. The number of imidazole rings is 1. The standard InChI is InChI=1S/C25H29F3N5O9P/c1-15-23(35)38-10-6-5-9-24(26,27)13-39-22-21-29-11-17(33(21)31-14-30-22)20-25(28,36)19(34)18(41-20)12-40-43(37,32-15)42-16-7-3-2-4-8-16/h2-4,7-8,11,14-15,18-20,34,36H,5-6,9-10,12-13H2,1H3,(H,32,37)/t15-,18-,19-,20+,25-,43?/m1/s1. The molecule has 1 saturated heterocycles. The predicted molar refractivity (Wildman–Crippen MR) is 139 cm³/mol. The number of hydrogen-bond acceptors (Lipinski definition) is 12. The number of nitrogens with one attached hydrogen (secondary N) is 1. The molecular formula is C25H29F3N5O9P. The lowest BCUT2D eigenvalue weighted by Gasteiger charge is -2.25. The maximum atomic E-state index is 15.6. The largest absolute Gasteiger partial charge is 0.469 e. The number of ether oxygens (including phenoxy) is 3. The van der Waals surface area contributed by atoms with Gasteiger partial charge in [-0.25, -0.2) is 27.2 Å². The molecule has 18 heteroatoms. The molecule has 5 rings (SSSR count). The van der Waals surface area contributed by atoms with Gasteiger partial charge in [-0.15, -0.1) is 0 Å². The monoisotopic (exact) mass is 631 g/mol. The van der Waals surface area contributed by atoms with Crippen LogP contribution in [0, 0.1) is 0 Å². The second-order valence-electron chi connectivity index (χ2n) is 10.0. The summed E-state index contributed by atoms with van der Waals surface area (Å²) in [5, 5.41) is 27.6. The summed E-state index contributed by atoms with van der Waals surface area (Å²) in [5.74, 6) is -7.87. The van der Waals surface area contributed by atoms with Crippen molar-refractivity contribution in [3.8, 4) is 11.6 Å². The van der Waals surface area contributed by atoms with Gasteiger partial charge in [0.05, 0.1) is 25.1 Å². The fraction of sp³-hybridized carbons (Fsp3) is 0.520. The molecule has 4 heterocycles. The minimum atomic E-state index is -4.46. The SMILES string of the molecule is C[C@H]1NP(=O)(Oc2ccccc2)OC[C@H]2O[C@@H](c3cnc4c(ncnn34)OCC(F)(F)CCCCOC1=O)[C@@](O)(F)[C@@H]2O. The molecule has 1 aromatic carbocycles. The summed E-state index contributed by atoms with van der Waals surface area (Å²) in [6.45, 7) is -0.735. The van der Waals surface area contributed by atoms with Gasteiger partial charge < -0.3 is 28.9 Å². The van der Waals surface area contributed by atoms with Crippen molar-refractivity contribution in [3.63, 3.8) is 0 Å². The van der Waals surface area contributed by atoms with E-state index in [1.165, 1.54) is 19.1 Å². The number of esters is 1. The predicted octanol–water partition coefficient (Wildman–Crippen LogP) is 2.51. The normalized spacial score (nSPS) is 32.5. The van der Waals surface area contributed by atoms with Crippen LogP contribution in [-0.2, 0) is 23.4 Å². The van der Waals surface area contributed by atoms with Gasteiger partial charge in [0.25, 0.3) is 17.7 Å². The average Bonchev–Trinajstić information content (AvgIpc) is 3.48. The Kier molecular flexibility index (Phi) is 8.92. The second-order valence-corrected chi connectivity index (χ2v) is 11.7. The van der Waals surface area contributed by atoms with Crippen LogP contribution in [0.25, 0.3) is 5.65 Å². The third kappa shape index (κ3) is 6.92. The zero-order chi connectivity index (χ0) is 30.8. The highest BCUT2D eigenvalue weighted by Gasteiger charge is 2.58. The van der Waals surface area contributed by atoms with Gasteiger partial charge in [-0.1, -0.05) is 18.2 Å². The quantitative estimate of drug-likeness (QED) is 0.278. The molecule has 2 aromatic heterocycles. The fourth-order valence-electron chi connectivity index (χ4n) is 4.46. The first-order chi connectivity index (χ1) is 20.4. The van der Waals surface area contributed by atoms with E-state index < -0.39 is 69.5 Å². The highest BCUT2D eigenvalue weighted by molar-refractivity contribution is 7.52. The molecule has 0 radical (unpaired) electrons. The number of benzene rings is 1. The number of hydrogen-bond donors (Lipinski definition) is 3. The van der Waals surface area contributed by atoms with Crippen LogP contribution >= 0.6 is 7.75 Å². The number of carbonyl (C=O) groups is 1. The number of cyclic esters (lactones) is 1. The Morgan fingerprint density at radius 1 is 1.16 bits per heavy atom. The second kappa shape index (κ2) is 12.3. The van der Waals surface area contributed by atoms with Crippen LogP contribution < -0.4 is 14.3 Å². The first-order valence-corrected chi connectivity index (χ1v) is 14.8. The Labute approximate surface area is 242 Å². The third-order valence-electron chi connectivity index (χ3n) is 6.70. The number of halogens is 3. The van der Waals surface area contributed by atoms with Crippen LogP contribution in [0.4, 0.5) is 13.2 Å². The lowest BCUT2D eigenvalue weighted by Crippen LogP contribution is -2.42. The van der Waals surface area contributed by atoms with Gasteiger partial charge in [0.2, 0.25) is 5.65 Å². The maximum Gasteiger partial charge on any atom is 0.459 e. The summed E-state index contributed by atoms with van der Waals surface area (Å²) >= 11 is 0. The topological polar surface area (TPSA) is 176 Å². The molecule has 0 aliphatic carbocycles. The van der Waals surface area contributed by atoms with E-state index in [-0.39, 0.29) is 42.4 Å². The van der Waals surface area contributed by atoms with Crippen molar-refractivity contribution in [1.82, 2.24) is 24.7 Å². The van der Waals surface area contributed by atoms with Gasteiger partial charge in [0, 0.05) is 6.42 Å². The molecule has 14 nitrogen and oxygen atoms in total. The van der Waals surface area contributed by atoms with Gasteiger partial charge in [0.1, 0.15) is 30.3 Å². The number of fused-ring (bicyclic) bond motifs is 3. The zero-order valence-corrected chi connectivity index (χ0v) is 23.6. The van der Waals surface area contributed by atoms with Crippen LogP contribution in [-0.4, -0.2) is 85.6 Å². The highest BCUT2D eigenvalue weighted by atomic mass is 31.2. The van der Waals surface area contributed by atoms with Crippen molar-refractivity contribution in [2.75, 3.05) is 19.8 Å². The Morgan fingerprint density at radius 3 is 2.70 bits per heavy atom. The van der Waals surface area contributed by atoms with Gasteiger partial charge in [-0.2, -0.15) is 15.2 Å². The van der Waals surface area contributed by atoms with Crippen molar-refractivity contribution in [2.45, 2.75) is 62.3 Å². The van der Waals surface area contributed by atoms with Crippen molar-refractivity contribution in [1.29, 1.82) is 0 Å². The summed E-state index contributed by atoms with van der Waals surface area (Å²) in [7, 11) is -4.46. The molecule has 0 spiro atoms. The molecule has 0 amide bonds. The van der Waals surface area contributed by atoms with Crippen molar-refractivity contribution < 1.29 is 56.0 Å². The summed E-state index contributed by atoms with van der Waals surface area (Å²) in [6, 6.07) is 6.50. The molecule has 2 aliphatic heterocycles. The van der Waals surface area contributed by atoms with Crippen LogP contribution in [0.5, 0.6) is 11.6 Å². The van der Waals surface area contributed by atoms with E-state index in [1.54, 1.807) is 18.2 Å². The van der Waals surface area contributed by atoms with Crippen LogP contribution in [0.2, 0.25) is 0 Å². The molecule has 1 unspecified atom stereocenters. The number of para-hydroxylation sites is 1. The Bertz CT molecular complexity index is 1480. The van der Waals surface area contributed by atoms with E-state index in [1.807, 2.05) is 0 Å². The van der Waals surface area contributed by atoms with E-state index >= 15 is 4.39 Å². The van der Waals surface area contributed by atoms with E-state index in [4.69, 9.17) is 23.3 Å². The van der Waals surface area contributed by atoms with Gasteiger partial charge in [-0.05, 0) is 31.9 Å². The van der Waals surface area contributed by atoms with E-state index in [0.29, 0.717) is 0 Å². The first kappa shape index (κ1) is 31.1. The number of carbonyl (C=O) groups excluding carboxylic acids is 1. The third-order valence-corrected chi connectivity index (χ3v) is 8.34. The fourth-order valence-corrected chi connectivity index (χ4v) is 5.97. The number of aromatic nitrogens is 4. The Balaban J connectivity index is 1.46. The maximum absolute atomic E-state index is 15.6. The first-order valence-electron chi connectivity index (χ1n) is 13.3. The molecule has 43 heavy (non-hydrogen) atoms. The van der Waals surface area contributed by atoms with Crippen LogP contribution in [0.15, 0.2) is 42.9 Å². The summed E-state index contributed by atoms with van der Waals surface area (Å²) < 4.78 is 86.2. The molecule has 2 aliphatic rings. The Morgan fingerprint density at radius 2 is 1.93 bits per heavy atom. The number of aliphatic hydroxyl groups is 2. The van der Waals surface area contributed by atoms with E-state index in [2.05, 4.69) is 20.2 Å². The molecule has 3 aromatic rings. The van der Waals surface area contributed by atoms with Gasteiger partial charge in [0.15, 0.2) is 12.7 Å². The summed E-state index contributed by atoms with van der Waals surface area (Å²) in [5.41, 5.74) is -0.400. The molecule has 3 N–H and O–H groups in total. The Hall–Kier alpha value is -3.34. The van der Waals surface area contributed by atoms with Crippen LogP contribution in [0.1, 0.15) is 38.0 Å². The lowest BCUT2D eigenvalue weighted by atomic mass is 10.0. The summed E-state index contributed by atoms with van der Waals surface area (Å²) in [6.07, 6.45) is -4.29. The van der Waals surface area contributed by atoms with E-state index in [0.717, 1.165) is 17.0 Å². The molecule has 0 saturated carbocycles. The number of aliphatic hydroxyl groups excluding tert-OH is 1. The van der Waals surface area contributed by atoms with E-state index in [9.17, 15) is 28.4 Å². The molecular weight excluding hydrogens is 602 g/mol. The zero-order valence-electron chi connectivity index (χ0n) is 22.7. The van der Waals surface area contributed by atoms with Crippen molar-refractivity contribution >= 4 is 19.4 Å². The van der Waals surface area contributed by atoms with Gasteiger partial charge in [-0.3, -0.25) is 9.32 Å². The number of alkyl halides is 3. The molecule has 6 bridgehead atoms. The van der Waals surface area contributed by atoms with Gasteiger partial charge >= 0.3 is 13.7 Å². The average molecular weight is 632 g/mol. The smallest absolute Gasteiger partial charge is 0.459 e. The van der Waals surface area contributed by atoms with Crippen molar-refractivity contribution in [2.24, 2.45) is 0 Å². The minimum absolute atomic E-state index is 0.0191. The van der Waals surface area contributed by atoms with Crippen molar-refractivity contribution in [3.05, 3.63) is 48.5 Å². The number of rotatable bonds is 2. The molecule has 1 fully saturated rings.